The van der Waals surface area contributed by atoms with Gasteiger partial charge in [-0.1, -0.05) is 30.3 Å². The number of benzene rings is 3. The summed E-state index contributed by atoms with van der Waals surface area (Å²) in [4.78, 5) is 25.7. The first-order valence-electron chi connectivity index (χ1n) is 11.4. The molecule has 0 aromatic heterocycles. The van der Waals surface area contributed by atoms with Crippen molar-refractivity contribution in [3.05, 3.63) is 84.4 Å². The van der Waals surface area contributed by atoms with Crippen molar-refractivity contribution in [1.29, 1.82) is 0 Å². The number of carbonyl (C=O) groups is 2. The molecule has 1 atom stereocenters. The lowest BCUT2D eigenvalue weighted by Crippen LogP contribution is -2.31. The minimum absolute atomic E-state index is 0.194. The van der Waals surface area contributed by atoms with Gasteiger partial charge in [0.25, 0.3) is 11.8 Å². The zero-order valence-electron chi connectivity index (χ0n) is 19.3. The molecule has 1 fully saturated rings. The zero-order valence-corrected chi connectivity index (χ0v) is 20.1. The number of para-hydroxylation sites is 2. The summed E-state index contributed by atoms with van der Waals surface area (Å²) in [7, 11) is -3.52. The van der Waals surface area contributed by atoms with E-state index in [1.807, 2.05) is 18.2 Å². The fraction of sp³-hybridized carbons (Fsp3) is 0.231. The maximum atomic E-state index is 12.7. The molecule has 8 nitrogen and oxygen atoms in total. The molecule has 0 radical (unpaired) electrons. The molecule has 0 bridgehead atoms. The van der Waals surface area contributed by atoms with Gasteiger partial charge in [0.05, 0.1) is 10.5 Å². The molecule has 9 heteroatoms. The Morgan fingerprint density at radius 3 is 2.11 bits per heavy atom. The summed E-state index contributed by atoms with van der Waals surface area (Å²) >= 11 is 0. The molecule has 1 aliphatic heterocycles. The lowest BCUT2D eigenvalue weighted by atomic mass is 10.1. The molecule has 35 heavy (non-hydrogen) atoms. The highest BCUT2D eigenvalue weighted by atomic mass is 32.2. The van der Waals surface area contributed by atoms with E-state index in [9.17, 15) is 18.0 Å². The SMILES string of the molecule is CC(Oc1ccccc1C(=O)Nc1ccccc1)C(=O)Nc1ccc(S(=O)(=O)N2CCCC2)cc1. The third-order valence-electron chi connectivity index (χ3n) is 5.66. The predicted octanol–water partition coefficient (Wildman–Crippen LogP) is 4.13. The van der Waals surface area contributed by atoms with Crippen LogP contribution in [0.2, 0.25) is 0 Å². The Hall–Kier alpha value is -3.69. The smallest absolute Gasteiger partial charge is 0.265 e. The van der Waals surface area contributed by atoms with E-state index in [1.54, 1.807) is 55.5 Å². The van der Waals surface area contributed by atoms with Crippen molar-refractivity contribution in [1.82, 2.24) is 4.31 Å². The van der Waals surface area contributed by atoms with Crippen molar-refractivity contribution >= 4 is 33.2 Å². The predicted molar refractivity (Wildman–Crippen MR) is 134 cm³/mol. The average Bonchev–Trinajstić information content (AvgIpc) is 3.41. The van der Waals surface area contributed by atoms with Gasteiger partial charge in [-0.3, -0.25) is 9.59 Å². The van der Waals surface area contributed by atoms with Crippen LogP contribution < -0.4 is 15.4 Å². The number of hydrogen-bond donors (Lipinski definition) is 2. The van der Waals surface area contributed by atoms with Crippen LogP contribution in [0.1, 0.15) is 30.1 Å². The number of anilines is 2. The molecule has 2 N–H and O–H groups in total. The Labute approximate surface area is 205 Å². The van der Waals surface area contributed by atoms with Gasteiger partial charge < -0.3 is 15.4 Å². The van der Waals surface area contributed by atoms with Crippen LogP contribution in [-0.2, 0) is 14.8 Å². The Morgan fingerprint density at radius 1 is 0.829 bits per heavy atom. The first-order valence-corrected chi connectivity index (χ1v) is 12.8. The van der Waals surface area contributed by atoms with E-state index in [-0.39, 0.29) is 16.6 Å². The van der Waals surface area contributed by atoms with Crippen LogP contribution in [0, 0.1) is 0 Å². The molecule has 2 amide bonds. The fourth-order valence-electron chi connectivity index (χ4n) is 3.75. The van der Waals surface area contributed by atoms with Crippen LogP contribution in [0.25, 0.3) is 0 Å². The highest BCUT2D eigenvalue weighted by Gasteiger charge is 2.27. The largest absolute Gasteiger partial charge is 0.480 e. The average molecular weight is 494 g/mol. The normalized spacial score (nSPS) is 14.8. The number of sulfonamides is 1. The zero-order chi connectivity index (χ0) is 24.8. The fourth-order valence-corrected chi connectivity index (χ4v) is 5.27. The highest BCUT2D eigenvalue weighted by Crippen LogP contribution is 2.24. The Balaban J connectivity index is 1.40. The van der Waals surface area contributed by atoms with Gasteiger partial charge in [0.15, 0.2) is 6.10 Å². The first kappa shape index (κ1) is 24.4. The minimum atomic E-state index is -3.52. The maximum absolute atomic E-state index is 12.7. The summed E-state index contributed by atoms with van der Waals surface area (Å²) in [6.45, 7) is 2.63. The molecule has 0 aliphatic carbocycles. The standard InChI is InChI=1S/C26H27N3O5S/c1-19(34-24-12-6-5-11-23(24)26(31)28-20-9-3-2-4-10-20)25(30)27-21-13-15-22(16-14-21)35(32,33)29-17-7-8-18-29/h2-6,9-16,19H,7-8,17-18H2,1H3,(H,27,30)(H,28,31). The molecular formula is C26H27N3O5S. The second kappa shape index (κ2) is 10.7. The number of rotatable bonds is 8. The maximum Gasteiger partial charge on any atom is 0.265 e. The van der Waals surface area contributed by atoms with Gasteiger partial charge in [0, 0.05) is 24.5 Å². The number of nitrogens with one attached hydrogen (secondary N) is 2. The van der Waals surface area contributed by atoms with Crippen LogP contribution in [0.4, 0.5) is 11.4 Å². The molecule has 1 aliphatic rings. The summed E-state index contributed by atoms with van der Waals surface area (Å²) in [6, 6.07) is 21.8. The van der Waals surface area contributed by atoms with E-state index in [4.69, 9.17) is 4.74 Å². The molecule has 3 aromatic rings. The van der Waals surface area contributed by atoms with E-state index in [0.717, 1.165) is 12.8 Å². The summed E-state index contributed by atoms with van der Waals surface area (Å²) in [5.41, 5.74) is 1.39. The molecule has 182 valence electrons. The Kier molecular flexibility index (Phi) is 7.48. The number of carbonyl (C=O) groups excluding carboxylic acids is 2. The highest BCUT2D eigenvalue weighted by molar-refractivity contribution is 7.89. The molecule has 3 aromatic carbocycles. The number of ether oxygens (including phenoxy) is 1. The molecule has 1 heterocycles. The Morgan fingerprint density at radius 2 is 1.43 bits per heavy atom. The first-order chi connectivity index (χ1) is 16.8. The monoisotopic (exact) mass is 493 g/mol. The Bertz CT molecular complexity index is 1290. The lowest BCUT2D eigenvalue weighted by molar-refractivity contribution is -0.122. The van der Waals surface area contributed by atoms with Crippen LogP contribution in [-0.4, -0.2) is 43.7 Å². The van der Waals surface area contributed by atoms with Crippen molar-refractivity contribution in [2.24, 2.45) is 0 Å². The second-order valence-electron chi connectivity index (χ2n) is 8.20. The lowest BCUT2D eigenvalue weighted by Gasteiger charge is -2.18. The summed E-state index contributed by atoms with van der Waals surface area (Å²) in [5.74, 6) is -0.511. The van der Waals surface area contributed by atoms with E-state index >= 15 is 0 Å². The van der Waals surface area contributed by atoms with E-state index in [0.29, 0.717) is 30.0 Å². The molecule has 1 saturated heterocycles. The van der Waals surface area contributed by atoms with Gasteiger partial charge in [-0.2, -0.15) is 4.31 Å². The van der Waals surface area contributed by atoms with E-state index < -0.39 is 22.0 Å². The van der Waals surface area contributed by atoms with Gasteiger partial charge in [-0.05, 0) is 68.3 Å². The molecular weight excluding hydrogens is 466 g/mol. The van der Waals surface area contributed by atoms with Gasteiger partial charge in [-0.25, -0.2) is 8.42 Å². The van der Waals surface area contributed by atoms with Crippen LogP contribution in [0.3, 0.4) is 0 Å². The van der Waals surface area contributed by atoms with Gasteiger partial charge >= 0.3 is 0 Å². The topological polar surface area (TPSA) is 105 Å². The summed E-state index contributed by atoms with van der Waals surface area (Å²) < 4.78 is 32.6. The molecule has 0 spiro atoms. The summed E-state index contributed by atoms with van der Waals surface area (Å²) in [5, 5.41) is 5.53. The third kappa shape index (κ3) is 5.87. The van der Waals surface area contributed by atoms with Crippen molar-refractivity contribution in [2.45, 2.75) is 30.8 Å². The minimum Gasteiger partial charge on any atom is -0.480 e. The summed E-state index contributed by atoms with van der Waals surface area (Å²) in [6.07, 6.45) is 0.818. The second-order valence-corrected chi connectivity index (χ2v) is 10.1. The number of hydrogen-bond acceptors (Lipinski definition) is 5. The van der Waals surface area contributed by atoms with Gasteiger partial charge in [0.2, 0.25) is 10.0 Å². The number of nitrogens with zero attached hydrogens (tertiary/aromatic N) is 1. The molecule has 1 unspecified atom stereocenters. The van der Waals surface area contributed by atoms with Gasteiger partial charge in [0.1, 0.15) is 5.75 Å². The van der Waals surface area contributed by atoms with Crippen LogP contribution in [0.15, 0.2) is 83.8 Å². The van der Waals surface area contributed by atoms with E-state index in [1.165, 1.54) is 16.4 Å². The quantitative estimate of drug-likeness (QED) is 0.491. The van der Waals surface area contributed by atoms with Crippen molar-refractivity contribution in [3.8, 4) is 5.75 Å². The van der Waals surface area contributed by atoms with Crippen molar-refractivity contribution in [3.63, 3.8) is 0 Å². The van der Waals surface area contributed by atoms with Crippen molar-refractivity contribution < 1.29 is 22.7 Å². The third-order valence-corrected chi connectivity index (χ3v) is 7.57. The molecule has 0 saturated carbocycles. The van der Waals surface area contributed by atoms with Gasteiger partial charge in [-0.15, -0.1) is 0 Å². The van der Waals surface area contributed by atoms with E-state index in [2.05, 4.69) is 10.6 Å². The molecule has 4 rings (SSSR count). The van der Waals surface area contributed by atoms with Crippen molar-refractivity contribution in [2.75, 3.05) is 23.7 Å². The van der Waals surface area contributed by atoms with Crippen LogP contribution >= 0.6 is 0 Å². The van der Waals surface area contributed by atoms with Crippen LogP contribution in [0.5, 0.6) is 5.75 Å². The number of amides is 2.